The van der Waals surface area contributed by atoms with Gasteiger partial charge in [-0.05, 0) is 18.1 Å². The second kappa shape index (κ2) is 26.0. The van der Waals surface area contributed by atoms with Gasteiger partial charge < -0.3 is 29.4 Å². The number of nitrogen functional groups attached to an aromatic ring is 1. The second-order valence-corrected chi connectivity index (χ2v) is 14.0. The topological polar surface area (TPSA) is 135 Å². The number of rotatable bonds is 30. The lowest BCUT2D eigenvalue weighted by Gasteiger charge is -2.22. The molecule has 10 nitrogen and oxygen atoms in total. The first-order valence-corrected chi connectivity index (χ1v) is 19.2. The van der Waals surface area contributed by atoms with E-state index < -0.39 is 26.0 Å². The van der Waals surface area contributed by atoms with E-state index in [1.165, 1.54) is 107 Å². The minimum absolute atomic E-state index is 0.00369. The Labute approximate surface area is 276 Å². The molecule has 2 atom stereocenters. The molecule has 2 aromatic rings. The molecule has 262 valence electrons. The molecule has 0 amide bonds. The Kier molecular flexibility index (Phi) is 22.6. The standard InChI is InChI=1S/C35H60N3O7P/c1-2-3-4-5-6-7-8-9-10-11-12-13-14-15-16-20-25-42-26-27-44-46(41,45-30-32-21-18-17-19-22-32)31-43-33(29-39)28-38-24-23-34(36)37-35(38)40/h17-19,21-24,33,39H,2-16,20,25-31H2,1H3,(H2,36,37,40)/t33-,46?/m1/s1. The van der Waals surface area contributed by atoms with Crippen LogP contribution < -0.4 is 11.4 Å². The molecule has 0 saturated carbocycles. The van der Waals surface area contributed by atoms with Gasteiger partial charge in [0.25, 0.3) is 0 Å². The fourth-order valence-corrected chi connectivity index (χ4v) is 6.42. The van der Waals surface area contributed by atoms with E-state index in [4.69, 9.17) is 24.3 Å². The van der Waals surface area contributed by atoms with Gasteiger partial charge in [0.2, 0.25) is 0 Å². The second-order valence-electron chi connectivity index (χ2n) is 12.0. The van der Waals surface area contributed by atoms with Gasteiger partial charge in [0, 0.05) is 12.8 Å². The molecule has 0 saturated heterocycles. The lowest BCUT2D eigenvalue weighted by molar-refractivity contribution is 0.0112. The first-order chi connectivity index (χ1) is 22.5. The summed E-state index contributed by atoms with van der Waals surface area (Å²) in [6.45, 7) is 2.94. The number of nitrogens with zero attached hydrogens (tertiary/aromatic N) is 2. The van der Waals surface area contributed by atoms with Crippen LogP contribution in [0.15, 0.2) is 47.4 Å². The van der Waals surface area contributed by atoms with Gasteiger partial charge in [-0.3, -0.25) is 9.13 Å². The molecule has 2 rings (SSSR count). The average Bonchev–Trinajstić information content (AvgIpc) is 3.06. The minimum Gasteiger partial charge on any atom is -0.394 e. The molecule has 1 aromatic heterocycles. The number of ether oxygens (including phenoxy) is 2. The van der Waals surface area contributed by atoms with Gasteiger partial charge in [0.1, 0.15) is 12.2 Å². The minimum atomic E-state index is -3.71. The highest BCUT2D eigenvalue weighted by Gasteiger charge is 2.27. The van der Waals surface area contributed by atoms with Crippen LogP contribution in [0.5, 0.6) is 0 Å². The number of anilines is 1. The molecule has 3 N–H and O–H groups in total. The van der Waals surface area contributed by atoms with Crippen LogP contribution in [0, 0.1) is 0 Å². The van der Waals surface area contributed by atoms with E-state index in [0.29, 0.717) is 6.61 Å². The van der Waals surface area contributed by atoms with E-state index >= 15 is 0 Å². The highest BCUT2D eigenvalue weighted by Crippen LogP contribution is 2.49. The van der Waals surface area contributed by atoms with Crippen LogP contribution in [0.1, 0.15) is 115 Å². The lowest BCUT2D eigenvalue weighted by atomic mass is 10.0. The molecule has 0 spiro atoms. The van der Waals surface area contributed by atoms with Crippen LogP contribution in [0.25, 0.3) is 0 Å². The Morgan fingerprint density at radius 1 is 0.804 bits per heavy atom. The van der Waals surface area contributed by atoms with E-state index in [1.54, 1.807) is 0 Å². The maximum Gasteiger partial charge on any atom is 0.356 e. The van der Waals surface area contributed by atoms with Crippen molar-refractivity contribution in [2.24, 2.45) is 0 Å². The molecule has 0 bridgehead atoms. The highest BCUT2D eigenvalue weighted by molar-refractivity contribution is 7.53. The molecule has 0 aliphatic carbocycles. The van der Waals surface area contributed by atoms with Crippen LogP contribution >= 0.6 is 7.60 Å². The number of aromatic nitrogens is 2. The molecule has 0 radical (unpaired) electrons. The van der Waals surface area contributed by atoms with Gasteiger partial charge in [-0.1, -0.05) is 134 Å². The van der Waals surface area contributed by atoms with Crippen molar-refractivity contribution in [1.29, 1.82) is 0 Å². The zero-order chi connectivity index (χ0) is 33.1. The van der Waals surface area contributed by atoms with Crippen molar-refractivity contribution in [2.75, 3.05) is 38.5 Å². The summed E-state index contributed by atoms with van der Waals surface area (Å²) in [6.07, 6.45) is 21.4. The SMILES string of the molecule is CCCCCCCCCCCCCCCCCCOCCOP(=O)(CO[C@@H](CO)Cn1ccc(N)nc1=O)OCc1ccccc1. The third-order valence-corrected chi connectivity index (χ3v) is 9.46. The Bertz CT molecular complexity index is 1120. The number of hydrogen-bond acceptors (Lipinski definition) is 9. The van der Waals surface area contributed by atoms with Crippen molar-refractivity contribution in [3.05, 3.63) is 58.6 Å². The van der Waals surface area contributed by atoms with Gasteiger partial charge >= 0.3 is 13.3 Å². The van der Waals surface area contributed by atoms with Crippen molar-refractivity contribution >= 4 is 13.4 Å². The van der Waals surface area contributed by atoms with Gasteiger partial charge in [0.15, 0.2) is 0 Å². The van der Waals surface area contributed by atoms with Crippen LogP contribution in [0.2, 0.25) is 0 Å². The van der Waals surface area contributed by atoms with E-state index in [0.717, 1.165) is 18.4 Å². The van der Waals surface area contributed by atoms with Crippen LogP contribution in [0.3, 0.4) is 0 Å². The predicted molar refractivity (Wildman–Crippen MR) is 185 cm³/mol. The van der Waals surface area contributed by atoms with Crippen LogP contribution in [-0.2, 0) is 36.2 Å². The molecular formula is C35H60N3O7P. The number of unbranched alkanes of at least 4 members (excludes halogenated alkanes) is 15. The molecular weight excluding hydrogens is 605 g/mol. The maximum atomic E-state index is 13.6. The molecule has 11 heteroatoms. The van der Waals surface area contributed by atoms with Crippen LogP contribution in [-0.4, -0.2) is 53.5 Å². The summed E-state index contributed by atoms with van der Waals surface area (Å²) in [6, 6.07) is 10.8. The Balaban J connectivity index is 1.58. The summed E-state index contributed by atoms with van der Waals surface area (Å²) in [5, 5.41) is 9.81. The monoisotopic (exact) mass is 665 g/mol. The van der Waals surface area contributed by atoms with Gasteiger partial charge in [-0.2, -0.15) is 4.98 Å². The number of benzene rings is 1. The third-order valence-electron chi connectivity index (χ3n) is 7.90. The molecule has 1 heterocycles. The summed E-state index contributed by atoms with van der Waals surface area (Å²) in [4.78, 5) is 15.7. The fraction of sp³-hybridized carbons (Fsp3) is 0.714. The summed E-state index contributed by atoms with van der Waals surface area (Å²) >= 11 is 0. The molecule has 1 unspecified atom stereocenters. The summed E-state index contributed by atoms with van der Waals surface area (Å²) in [5.74, 6) is 0.104. The normalized spacial score (nSPS) is 13.5. The van der Waals surface area contributed by atoms with Gasteiger partial charge in [-0.25, -0.2) is 4.79 Å². The first kappa shape index (κ1) is 40.1. The van der Waals surface area contributed by atoms with E-state index in [9.17, 15) is 14.5 Å². The number of aliphatic hydroxyl groups excluding tert-OH is 1. The van der Waals surface area contributed by atoms with Crippen molar-refractivity contribution in [3.63, 3.8) is 0 Å². The molecule has 46 heavy (non-hydrogen) atoms. The average molecular weight is 666 g/mol. The van der Waals surface area contributed by atoms with Crippen LogP contribution in [0.4, 0.5) is 5.82 Å². The summed E-state index contributed by atoms with van der Waals surface area (Å²) < 4.78 is 37.6. The van der Waals surface area contributed by atoms with Gasteiger partial charge in [-0.15, -0.1) is 0 Å². The predicted octanol–water partition coefficient (Wildman–Crippen LogP) is 7.87. The Hall–Kier alpha value is -2.07. The number of aliphatic hydroxyl groups is 1. The van der Waals surface area contributed by atoms with Crippen molar-refractivity contribution < 1.29 is 28.2 Å². The largest absolute Gasteiger partial charge is 0.394 e. The summed E-state index contributed by atoms with van der Waals surface area (Å²) in [5.41, 5.74) is 5.82. The Morgan fingerprint density at radius 3 is 1.96 bits per heavy atom. The zero-order valence-corrected chi connectivity index (χ0v) is 29.1. The zero-order valence-electron chi connectivity index (χ0n) is 28.2. The first-order valence-electron chi connectivity index (χ1n) is 17.5. The van der Waals surface area contributed by atoms with E-state index in [2.05, 4.69) is 11.9 Å². The lowest BCUT2D eigenvalue weighted by Crippen LogP contribution is -2.32. The number of hydrogen-bond donors (Lipinski definition) is 2. The molecule has 0 fully saturated rings. The summed E-state index contributed by atoms with van der Waals surface area (Å²) in [7, 11) is -3.71. The van der Waals surface area contributed by atoms with Gasteiger partial charge in [0.05, 0.1) is 39.1 Å². The van der Waals surface area contributed by atoms with Crippen molar-refractivity contribution in [1.82, 2.24) is 9.55 Å². The molecule has 1 aromatic carbocycles. The molecule has 0 aliphatic heterocycles. The Morgan fingerprint density at radius 2 is 1.39 bits per heavy atom. The quantitative estimate of drug-likeness (QED) is 0.0631. The van der Waals surface area contributed by atoms with E-state index in [1.807, 2.05) is 30.3 Å². The van der Waals surface area contributed by atoms with Crippen molar-refractivity contribution in [3.8, 4) is 0 Å². The third kappa shape index (κ3) is 19.6. The van der Waals surface area contributed by atoms with Crippen molar-refractivity contribution in [2.45, 2.75) is 129 Å². The maximum absolute atomic E-state index is 13.6. The fourth-order valence-electron chi connectivity index (χ4n) is 5.11. The smallest absolute Gasteiger partial charge is 0.356 e. The van der Waals surface area contributed by atoms with E-state index in [-0.39, 0.29) is 38.5 Å². The number of nitrogens with two attached hydrogens (primary N) is 1. The molecule has 0 aliphatic rings. The highest BCUT2D eigenvalue weighted by atomic mass is 31.2.